The van der Waals surface area contributed by atoms with Crippen LogP contribution in [0.25, 0.3) is 0 Å². The van der Waals surface area contributed by atoms with E-state index >= 15 is 0 Å². The molecule has 1 atom stereocenters. The highest BCUT2D eigenvalue weighted by Crippen LogP contribution is 2.27. The molecule has 1 amide bonds. The zero-order valence-electron chi connectivity index (χ0n) is 11.1. The third kappa shape index (κ3) is 4.65. The van der Waals surface area contributed by atoms with Crippen molar-refractivity contribution in [2.75, 3.05) is 5.73 Å². The molecule has 1 aromatic rings. The highest BCUT2D eigenvalue weighted by molar-refractivity contribution is 8.02. The Morgan fingerprint density at radius 2 is 2.05 bits per heavy atom. The molecule has 5 nitrogen and oxygen atoms in total. The van der Waals surface area contributed by atoms with Gasteiger partial charge in [0.25, 0.3) is 0 Å². The minimum atomic E-state index is -0.157. The van der Waals surface area contributed by atoms with Crippen molar-refractivity contribution in [2.24, 2.45) is 0 Å². The Morgan fingerprint density at radius 1 is 1.37 bits per heavy atom. The second-order valence-electron chi connectivity index (χ2n) is 4.86. The highest BCUT2D eigenvalue weighted by atomic mass is 32.2. The van der Waals surface area contributed by atoms with Gasteiger partial charge in [0.05, 0.1) is 5.25 Å². The van der Waals surface area contributed by atoms with Gasteiger partial charge < -0.3 is 11.1 Å². The lowest BCUT2D eigenvalue weighted by atomic mass is 10.1. The predicted molar refractivity (Wildman–Crippen MR) is 79.3 cm³/mol. The lowest BCUT2D eigenvalue weighted by Crippen LogP contribution is -2.39. The first-order chi connectivity index (χ1) is 9.15. The molecule has 1 saturated carbocycles. The number of nitrogens with zero attached hydrogens (tertiary/aromatic N) is 2. The summed E-state index contributed by atoms with van der Waals surface area (Å²) in [6, 6.07) is 0.345. The fourth-order valence-electron chi connectivity index (χ4n) is 2.21. The summed E-state index contributed by atoms with van der Waals surface area (Å²) in [7, 11) is 0. The first-order valence-corrected chi connectivity index (χ1v) is 8.41. The summed E-state index contributed by atoms with van der Waals surface area (Å²) in [5.74, 6) is 0.0886. The van der Waals surface area contributed by atoms with E-state index in [1.807, 2.05) is 6.92 Å². The molecule has 7 heteroatoms. The molecular formula is C12H20N4OS2. The molecule has 1 heterocycles. The largest absolute Gasteiger partial charge is 0.374 e. The Bertz CT molecular complexity index is 416. The van der Waals surface area contributed by atoms with Crippen LogP contribution < -0.4 is 11.1 Å². The third-order valence-electron chi connectivity index (χ3n) is 3.27. The Labute approximate surface area is 121 Å². The van der Waals surface area contributed by atoms with Crippen LogP contribution in [0.4, 0.5) is 5.13 Å². The van der Waals surface area contributed by atoms with E-state index in [-0.39, 0.29) is 11.2 Å². The van der Waals surface area contributed by atoms with Gasteiger partial charge in [-0.25, -0.2) is 0 Å². The topological polar surface area (TPSA) is 80.9 Å². The number of carbonyl (C=O) groups is 1. The smallest absolute Gasteiger partial charge is 0.233 e. The van der Waals surface area contributed by atoms with Crippen molar-refractivity contribution in [3.8, 4) is 0 Å². The van der Waals surface area contributed by atoms with Crippen LogP contribution in [0, 0.1) is 0 Å². The SMILES string of the molecule is CC(Sc1nnc(N)s1)C(=O)NC1CCCCCC1. The fraction of sp³-hybridized carbons (Fsp3) is 0.750. The number of carbonyl (C=O) groups excluding carboxylic acids is 1. The lowest BCUT2D eigenvalue weighted by molar-refractivity contribution is -0.121. The van der Waals surface area contributed by atoms with Crippen molar-refractivity contribution < 1.29 is 4.79 Å². The average molecular weight is 300 g/mol. The molecular weight excluding hydrogens is 280 g/mol. The summed E-state index contributed by atoms with van der Waals surface area (Å²) in [5, 5.41) is 11.1. The van der Waals surface area contributed by atoms with Crippen molar-refractivity contribution in [3.63, 3.8) is 0 Å². The van der Waals surface area contributed by atoms with E-state index in [0.29, 0.717) is 11.2 Å². The van der Waals surface area contributed by atoms with Crippen molar-refractivity contribution in [1.29, 1.82) is 0 Å². The quantitative estimate of drug-likeness (QED) is 0.659. The summed E-state index contributed by atoms with van der Waals surface area (Å²) in [6.07, 6.45) is 7.24. The van der Waals surface area contributed by atoms with E-state index in [2.05, 4.69) is 15.5 Å². The van der Waals surface area contributed by atoms with Gasteiger partial charge in [0.2, 0.25) is 11.0 Å². The number of rotatable bonds is 4. The van der Waals surface area contributed by atoms with Crippen molar-refractivity contribution >= 4 is 34.1 Å². The molecule has 1 fully saturated rings. The summed E-state index contributed by atoms with van der Waals surface area (Å²) < 4.78 is 0.751. The zero-order chi connectivity index (χ0) is 13.7. The van der Waals surface area contributed by atoms with Crippen LogP contribution in [0.15, 0.2) is 4.34 Å². The Morgan fingerprint density at radius 3 is 2.63 bits per heavy atom. The number of hydrogen-bond acceptors (Lipinski definition) is 6. The normalized spacial score (nSPS) is 18.8. The Kier molecular flexibility index (Phi) is 5.45. The molecule has 1 aliphatic rings. The van der Waals surface area contributed by atoms with E-state index in [1.54, 1.807) is 0 Å². The second-order valence-corrected chi connectivity index (χ2v) is 7.46. The van der Waals surface area contributed by atoms with Crippen LogP contribution in [0.5, 0.6) is 0 Å². The number of nitrogens with one attached hydrogen (secondary N) is 1. The molecule has 0 radical (unpaired) electrons. The molecule has 3 N–H and O–H groups in total. The van der Waals surface area contributed by atoms with Gasteiger partial charge >= 0.3 is 0 Å². The highest BCUT2D eigenvalue weighted by Gasteiger charge is 2.20. The number of thioether (sulfide) groups is 1. The second kappa shape index (κ2) is 7.09. The van der Waals surface area contributed by atoms with Gasteiger partial charge in [0.15, 0.2) is 4.34 Å². The van der Waals surface area contributed by atoms with Crippen LogP contribution in [0.2, 0.25) is 0 Å². The number of amides is 1. The molecule has 0 spiro atoms. The van der Waals surface area contributed by atoms with Crippen molar-refractivity contribution in [3.05, 3.63) is 0 Å². The molecule has 0 aromatic carbocycles. The minimum absolute atomic E-state index is 0.0886. The van der Waals surface area contributed by atoms with Crippen LogP contribution in [0.1, 0.15) is 45.4 Å². The van der Waals surface area contributed by atoms with E-state index in [1.165, 1.54) is 48.8 Å². The first kappa shape index (κ1) is 14.6. The van der Waals surface area contributed by atoms with Crippen LogP contribution in [-0.2, 0) is 4.79 Å². The van der Waals surface area contributed by atoms with E-state index in [9.17, 15) is 4.79 Å². The molecule has 2 rings (SSSR count). The van der Waals surface area contributed by atoms with Gasteiger partial charge in [0.1, 0.15) is 0 Å². The Hall–Kier alpha value is -0.820. The van der Waals surface area contributed by atoms with Gasteiger partial charge in [-0.15, -0.1) is 10.2 Å². The number of nitrogen functional groups attached to an aromatic ring is 1. The van der Waals surface area contributed by atoms with E-state index in [0.717, 1.165) is 17.2 Å². The third-order valence-corrected chi connectivity index (χ3v) is 5.21. The molecule has 106 valence electrons. The fourth-order valence-corrected chi connectivity index (χ4v) is 4.00. The van der Waals surface area contributed by atoms with Crippen LogP contribution in [0.3, 0.4) is 0 Å². The lowest BCUT2D eigenvalue weighted by Gasteiger charge is -2.18. The van der Waals surface area contributed by atoms with Crippen LogP contribution in [-0.4, -0.2) is 27.4 Å². The number of hydrogen-bond donors (Lipinski definition) is 2. The van der Waals surface area contributed by atoms with Gasteiger partial charge in [-0.1, -0.05) is 48.8 Å². The van der Waals surface area contributed by atoms with Gasteiger partial charge in [-0.05, 0) is 19.8 Å². The Balaban J connectivity index is 1.81. The van der Waals surface area contributed by atoms with Crippen molar-refractivity contribution in [1.82, 2.24) is 15.5 Å². The molecule has 1 unspecified atom stereocenters. The first-order valence-electron chi connectivity index (χ1n) is 6.71. The standard InChI is InChI=1S/C12H20N4OS2/c1-8(18-12-16-15-11(13)19-12)10(17)14-9-6-4-2-3-5-7-9/h8-9H,2-7H2,1H3,(H2,13,15)(H,14,17). The van der Waals surface area contributed by atoms with Crippen molar-refractivity contribution in [2.45, 2.75) is 61.1 Å². The van der Waals surface area contributed by atoms with E-state index in [4.69, 9.17) is 5.73 Å². The molecule has 0 saturated heterocycles. The summed E-state index contributed by atoms with van der Waals surface area (Å²) in [5.41, 5.74) is 5.53. The van der Waals surface area contributed by atoms with Gasteiger partial charge in [-0.3, -0.25) is 4.79 Å². The van der Waals surface area contributed by atoms with Crippen LogP contribution >= 0.6 is 23.1 Å². The van der Waals surface area contributed by atoms with Gasteiger partial charge in [0, 0.05) is 6.04 Å². The maximum absolute atomic E-state index is 12.1. The zero-order valence-corrected chi connectivity index (χ0v) is 12.7. The number of aromatic nitrogens is 2. The molecule has 19 heavy (non-hydrogen) atoms. The maximum Gasteiger partial charge on any atom is 0.233 e. The van der Waals surface area contributed by atoms with E-state index < -0.39 is 0 Å². The summed E-state index contributed by atoms with van der Waals surface area (Å²) in [4.78, 5) is 12.1. The average Bonchev–Trinajstić information content (AvgIpc) is 2.64. The monoisotopic (exact) mass is 300 g/mol. The molecule has 0 bridgehead atoms. The maximum atomic E-state index is 12.1. The summed E-state index contributed by atoms with van der Waals surface area (Å²) >= 11 is 2.74. The predicted octanol–water partition coefficient (Wildman–Crippen LogP) is 2.44. The molecule has 1 aromatic heterocycles. The minimum Gasteiger partial charge on any atom is -0.374 e. The number of nitrogens with two attached hydrogens (primary N) is 1. The summed E-state index contributed by atoms with van der Waals surface area (Å²) in [6.45, 7) is 1.90. The van der Waals surface area contributed by atoms with Gasteiger partial charge in [-0.2, -0.15) is 0 Å². The number of anilines is 1. The molecule has 1 aliphatic carbocycles. The molecule has 0 aliphatic heterocycles.